The van der Waals surface area contributed by atoms with Crippen LogP contribution in [0.25, 0.3) is 0 Å². The highest BCUT2D eigenvalue weighted by atomic mass is 79.9. The summed E-state index contributed by atoms with van der Waals surface area (Å²) in [4.78, 5) is 41.7. The number of amides is 3. The van der Waals surface area contributed by atoms with E-state index in [1.54, 1.807) is 36.4 Å². The van der Waals surface area contributed by atoms with E-state index in [9.17, 15) is 14.4 Å². The van der Waals surface area contributed by atoms with Crippen molar-refractivity contribution < 1.29 is 18.8 Å². The van der Waals surface area contributed by atoms with E-state index in [0.29, 0.717) is 5.69 Å². The number of halogens is 1. The van der Waals surface area contributed by atoms with E-state index in [-0.39, 0.29) is 24.6 Å². The molecule has 6 nitrogen and oxygen atoms in total. The van der Waals surface area contributed by atoms with Crippen LogP contribution in [0.2, 0.25) is 0 Å². The molecule has 1 aliphatic rings. The number of carbonyl (C=O) groups excluding carboxylic acids is 3. The summed E-state index contributed by atoms with van der Waals surface area (Å²) in [5, 5.41) is 0. The second kappa shape index (κ2) is 8.28. The predicted molar refractivity (Wildman–Crippen MR) is 115 cm³/mol. The van der Waals surface area contributed by atoms with E-state index in [2.05, 4.69) is 15.9 Å². The number of rotatable bonds is 5. The summed E-state index contributed by atoms with van der Waals surface area (Å²) >= 11 is 3.35. The minimum Gasteiger partial charge on any atom is -0.459 e. The van der Waals surface area contributed by atoms with Crippen LogP contribution in [0.5, 0.6) is 0 Å². The molecule has 0 saturated carbocycles. The number of carbonyl (C=O) groups is 3. The summed E-state index contributed by atoms with van der Waals surface area (Å²) in [5.41, 5.74) is 2.44. The Kier molecular flexibility index (Phi) is 5.55. The number of imide groups is 1. The lowest BCUT2D eigenvalue weighted by Gasteiger charge is -2.27. The van der Waals surface area contributed by atoms with Gasteiger partial charge in [-0.25, -0.2) is 4.90 Å². The molecule has 1 aliphatic heterocycles. The monoisotopic (exact) mass is 466 g/mol. The molecule has 1 saturated heterocycles. The average Bonchev–Trinajstić information content (AvgIpc) is 3.37. The van der Waals surface area contributed by atoms with Gasteiger partial charge in [0.05, 0.1) is 18.4 Å². The van der Waals surface area contributed by atoms with Crippen molar-refractivity contribution in [3.05, 3.63) is 88.3 Å². The fourth-order valence-corrected chi connectivity index (χ4v) is 3.74. The minimum atomic E-state index is -0.903. The molecule has 1 atom stereocenters. The Hall–Kier alpha value is -3.19. The topological polar surface area (TPSA) is 70.8 Å². The Bertz CT molecular complexity index is 1080. The second-order valence-corrected chi connectivity index (χ2v) is 8.08. The zero-order valence-corrected chi connectivity index (χ0v) is 17.8. The van der Waals surface area contributed by atoms with Crippen LogP contribution < -0.4 is 4.90 Å². The number of nitrogens with zero attached hydrogens (tertiary/aromatic N) is 2. The number of hydrogen-bond acceptors (Lipinski definition) is 4. The fraction of sp³-hybridized carbons (Fsp3) is 0.174. The Morgan fingerprint density at radius 2 is 1.80 bits per heavy atom. The zero-order chi connectivity index (χ0) is 21.3. The fourth-order valence-electron chi connectivity index (χ4n) is 3.48. The maximum absolute atomic E-state index is 13.2. The van der Waals surface area contributed by atoms with Gasteiger partial charge in [-0.15, -0.1) is 0 Å². The van der Waals surface area contributed by atoms with E-state index in [1.807, 2.05) is 31.2 Å². The molecule has 3 amide bonds. The maximum Gasteiger partial charge on any atom is 0.290 e. The molecule has 1 fully saturated rings. The summed E-state index contributed by atoms with van der Waals surface area (Å²) < 4.78 is 6.12. The first kappa shape index (κ1) is 20.1. The number of aryl methyl sites for hydroxylation is 1. The summed E-state index contributed by atoms with van der Waals surface area (Å²) in [7, 11) is 0. The van der Waals surface area contributed by atoms with Gasteiger partial charge >= 0.3 is 0 Å². The van der Waals surface area contributed by atoms with Gasteiger partial charge in [0.2, 0.25) is 5.91 Å². The molecule has 0 spiro atoms. The normalized spacial score (nSPS) is 16.2. The summed E-state index contributed by atoms with van der Waals surface area (Å²) in [5.74, 6) is -1.06. The van der Waals surface area contributed by atoms with E-state index in [4.69, 9.17) is 4.42 Å². The number of furan rings is 1. The Balaban J connectivity index is 1.66. The summed E-state index contributed by atoms with van der Waals surface area (Å²) in [6.45, 7) is 2.17. The molecule has 4 rings (SSSR count). The van der Waals surface area contributed by atoms with Crippen LogP contribution in [0.4, 0.5) is 5.69 Å². The molecule has 1 aromatic heterocycles. The largest absolute Gasteiger partial charge is 0.459 e. The first-order valence-corrected chi connectivity index (χ1v) is 10.3. The molecular formula is C23H19BrN2O4. The van der Waals surface area contributed by atoms with Crippen molar-refractivity contribution in [2.45, 2.75) is 25.9 Å². The van der Waals surface area contributed by atoms with E-state index < -0.39 is 17.9 Å². The van der Waals surface area contributed by atoms with Crippen LogP contribution in [-0.2, 0) is 16.1 Å². The quantitative estimate of drug-likeness (QED) is 0.524. The maximum atomic E-state index is 13.2. The second-order valence-electron chi connectivity index (χ2n) is 7.16. The van der Waals surface area contributed by atoms with Crippen molar-refractivity contribution in [1.29, 1.82) is 0 Å². The van der Waals surface area contributed by atoms with Crippen molar-refractivity contribution in [2.24, 2.45) is 0 Å². The molecule has 30 heavy (non-hydrogen) atoms. The van der Waals surface area contributed by atoms with Crippen LogP contribution in [0, 0.1) is 6.92 Å². The van der Waals surface area contributed by atoms with E-state index in [0.717, 1.165) is 20.5 Å². The van der Waals surface area contributed by atoms with Gasteiger partial charge in [0.15, 0.2) is 5.76 Å². The first-order valence-electron chi connectivity index (χ1n) is 9.46. The third-order valence-corrected chi connectivity index (χ3v) is 5.58. The SMILES string of the molecule is Cc1ccc(CN(C(=O)c2ccco2)C2CC(=O)N(c3ccc(Br)cc3)C2=O)cc1. The van der Waals surface area contributed by atoms with Crippen molar-refractivity contribution in [1.82, 2.24) is 4.90 Å². The highest BCUT2D eigenvalue weighted by Crippen LogP contribution is 2.29. The number of anilines is 1. The molecule has 0 bridgehead atoms. The lowest BCUT2D eigenvalue weighted by Crippen LogP contribution is -2.45. The van der Waals surface area contributed by atoms with Gasteiger partial charge in [-0.2, -0.15) is 0 Å². The van der Waals surface area contributed by atoms with E-state index in [1.165, 1.54) is 11.2 Å². The van der Waals surface area contributed by atoms with Crippen LogP contribution in [0.3, 0.4) is 0 Å². The molecule has 3 aromatic rings. The van der Waals surface area contributed by atoms with Gasteiger partial charge in [-0.05, 0) is 48.9 Å². The smallest absolute Gasteiger partial charge is 0.290 e. The molecule has 2 heterocycles. The molecular weight excluding hydrogens is 448 g/mol. The Labute approximate surface area is 182 Å². The van der Waals surface area contributed by atoms with Gasteiger partial charge in [-0.3, -0.25) is 14.4 Å². The minimum absolute atomic E-state index is 0.0762. The van der Waals surface area contributed by atoms with E-state index >= 15 is 0 Å². The van der Waals surface area contributed by atoms with Gasteiger partial charge in [-0.1, -0.05) is 45.8 Å². The van der Waals surface area contributed by atoms with Crippen molar-refractivity contribution in [3.8, 4) is 0 Å². The van der Waals surface area contributed by atoms with Crippen molar-refractivity contribution in [3.63, 3.8) is 0 Å². The summed E-state index contributed by atoms with van der Waals surface area (Å²) in [6, 6.07) is 16.9. The van der Waals surface area contributed by atoms with Crippen LogP contribution in [-0.4, -0.2) is 28.7 Å². The van der Waals surface area contributed by atoms with Crippen LogP contribution in [0.1, 0.15) is 28.1 Å². The lowest BCUT2D eigenvalue weighted by atomic mass is 10.1. The van der Waals surface area contributed by atoms with Gasteiger partial charge in [0.1, 0.15) is 6.04 Å². The van der Waals surface area contributed by atoms with Gasteiger partial charge in [0.25, 0.3) is 11.8 Å². The molecule has 0 aliphatic carbocycles. The highest BCUT2D eigenvalue weighted by molar-refractivity contribution is 9.10. The Morgan fingerprint density at radius 3 is 2.43 bits per heavy atom. The predicted octanol–water partition coefficient (Wildman–Crippen LogP) is 4.33. The van der Waals surface area contributed by atoms with Crippen LogP contribution >= 0.6 is 15.9 Å². The van der Waals surface area contributed by atoms with Crippen molar-refractivity contribution in [2.75, 3.05) is 4.90 Å². The average molecular weight is 467 g/mol. The molecule has 1 unspecified atom stereocenters. The lowest BCUT2D eigenvalue weighted by molar-refractivity contribution is -0.122. The third kappa shape index (κ3) is 3.93. The van der Waals surface area contributed by atoms with Gasteiger partial charge in [0, 0.05) is 11.0 Å². The first-order chi connectivity index (χ1) is 14.4. The number of hydrogen-bond donors (Lipinski definition) is 0. The number of benzene rings is 2. The van der Waals surface area contributed by atoms with Gasteiger partial charge < -0.3 is 9.32 Å². The zero-order valence-electron chi connectivity index (χ0n) is 16.2. The molecule has 0 N–H and O–H groups in total. The molecule has 0 radical (unpaired) electrons. The Morgan fingerprint density at radius 1 is 1.10 bits per heavy atom. The molecule has 2 aromatic carbocycles. The molecule has 152 valence electrons. The molecule has 7 heteroatoms. The third-order valence-electron chi connectivity index (χ3n) is 5.05. The summed E-state index contributed by atoms with van der Waals surface area (Å²) in [6.07, 6.45) is 1.33. The van der Waals surface area contributed by atoms with Crippen LogP contribution in [0.15, 0.2) is 75.8 Å². The van der Waals surface area contributed by atoms with Crippen molar-refractivity contribution >= 4 is 39.3 Å². The standard InChI is InChI=1S/C23H19BrN2O4/c1-15-4-6-16(7-5-15)14-25(23(29)20-3-2-12-30-20)19-13-21(27)26(22(19)28)18-10-8-17(24)9-11-18/h2-12,19H,13-14H2,1H3. The highest BCUT2D eigenvalue weighted by Gasteiger charge is 2.45.